The summed E-state index contributed by atoms with van der Waals surface area (Å²) in [6, 6.07) is 9.28. The van der Waals surface area contributed by atoms with Crippen LogP contribution < -0.4 is 5.56 Å². The third-order valence-electron chi connectivity index (χ3n) is 2.42. The normalized spacial score (nSPS) is 10.5. The summed E-state index contributed by atoms with van der Waals surface area (Å²) in [6.45, 7) is 2.07. The van der Waals surface area contributed by atoms with Crippen LogP contribution in [0.15, 0.2) is 39.6 Å². The molecule has 0 saturated carbocycles. The summed E-state index contributed by atoms with van der Waals surface area (Å²) >= 11 is 3.38. The molecule has 0 aliphatic carbocycles. The average Bonchev–Trinajstić information content (AvgIpc) is 2.29. The second kappa shape index (κ2) is 5.27. The molecular formula is C13H13BrN2O. The molecule has 17 heavy (non-hydrogen) atoms. The summed E-state index contributed by atoms with van der Waals surface area (Å²) in [5, 5.41) is 0. The van der Waals surface area contributed by atoms with Crippen molar-refractivity contribution in [2.45, 2.75) is 19.8 Å². The van der Waals surface area contributed by atoms with Crippen LogP contribution in [0.1, 0.15) is 19.0 Å². The van der Waals surface area contributed by atoms with Crippen LogP contribution in [0.4, 0.5) is 0 Å². The van der Waals surface area contributed by atoms with Crippen LogP contribution >= 0.6 is 15.9 Å². The molecular weight excluding hydrogens is 280 g/mol. The van der Waals surface area contributed by atoms with Crippen LogP contribution in [-0.4, -0.2) is 9.97 Å². The molecule has 1 aromatic carbocycles. The number of aromatic nitrogens is 2. The van der Waals surface area contributed by atoms with Gasteiger partial charge in [-0.2, -0.15) is 0 Å². The number of aromatic amines is 1. The fourth-order valence-electron chi connectivity index (χ4n) is 1.64. The molecule has 0 unspecified atom stereocenters. The topological polar surface area (TPSA) is 45.8 Å². The molecule has 0 aliphatic rings. The van der Waals surface area contributed by atoms with Gasteiger partial charge in [0.05, 0.1) is 0 Å². The first-order chi connectivity index (χ1) is 8.19. The lowest BCUT2D eigenvalue weighted by molar-refractivity contribution is 0.870. The Balaban J connectivity index is 2.44. The maximum Gasteiger partial charge on any atom is 0.251 e. The molecule has 1 aromatic heterocycles. The maximum atomic E-state index is 11.5. The predicted molar refractivity (Wildman–Crippen MR) is 72.0 cm³/mol. The second-order valence-corrected chi connectivity index (χ2v) is 4.76. The smallest absolute Gasteiger partial charge is 0.251 e. The number of aryl methyl sites for hydroxylation is 1. The Morgan fingerprint density at radius 2 is 2.00 bits per heavy atom. The van der Waals surface area contributed by atoms with Gasteiger partial charge in [0.25, 0.3) is 5.56 Å². The molecule has 3 nitrogen and oxygen atoms in total. The molecule has 88 valence electrons. The van der Waals surface area contributed by atoms with Crippen LogP contribution in [0.3, 0.4) is 0 Å². The molecule has 0 spiro atoms. The Kier molecular flexibility index (Phi) is 3.74. The van der Waals surface area contributed by atoms with Gasteiger partial charge >= 0.3 is 0 Å². The number of nitrogens with one attached hydrogen (secondary N) is 1. The summed E-state index contributed by atoms with van der Waals surface area (Å²) in [7, 11) is 0. The number of nitrogens with zero attached hydrogens (tertiary/aromatic N) is 1. The summed E-state index contributed by atoms with van der Waals surface area (Å²) in [5.41, 5.74) is 1.67. The zero-order valence-corrected chi connectivity index (χ0v) is 11.1. The minimum absolute atomic E-state index is 0.0960. The second-order valence-electron chi connectivity index (χ2n) is 3.84. The summed E-state index contributed by atoms with van der Waals surface area (Å²) in [4.78, 5) is 18.7. The standard InChI is InChI=1S/C13H13BrN2O/c1-2-3-11-8-12(17)16-13(15-11)9-4-6-10(14)7-5-9/h4-8H,2-3H2,1H3,(H,15,16,17). The van der Waals surface area contributed by atoms with Crippen molar-refractivity contribution in [1.82, 2.24) is 9.97 Å². The Bertz CT molecular complexity index is 560. The van der Waals surface area contributed by atoms with E-state index in [0.29, 0.717) is 5.82 Å². The quantitative estimate of drug-likeness (QED) is 0.945. The highest BCUT2D eigenvalue weighted by Gasteiger charge is 2.03. The molecule has 1 heterocycles. The predicted octanol–water partition coefficient (Wildman–Crippen LogP) is 3.15. The number of hydrogen-bond donors (Lipinski definition) is 1. The molecule has 1 N–H and O–H groups in total. The lowest BCUT2D eigenvalue weighted by Gasteiger charge is -2.03. The molecule has 4 heteroatoms. The summed E-state index contributed by atoms with van der Waals surface area (Å²) in [6.07, 6.45) is 1.81. The van der Waals surface area contributed by atoms with Crippen molar-refractivity contribution in [1.29, 1.82) is 0 Å². The van der Waals surface area contributed by atoms with Gasteiger partial charge in [0, 0.05) is 21.8 Å². The maximum absolute atomic E-state index is 11.5. The van der Waals surface area contributed by atoms with Crippen molar-refractivity contribution >= 4 is 15.9 Å². The number of benzene rings is 1. The first kappa shape index (κ1) is 12.0. The summed E-state index contributed by atoms with van der Waals surface area (Å²) < 4.78 is 1.01. The molecule has 0 saturated heterocycles. The summed E-state index contributed by atoms with van der Waals surface area (Å²) in [5.74, 6) is 0.633. The molecule has 0 amide bonds. The van der Waals surface area contributed by atoms with Gasteiger partial charge in [0.15, 0.2) is 0 Å². The highest BCUT2D eigenvalue weighted by molar-refractivity contribution is 9.10. The van der Waals surface area contributed by atoms with Crippen LogP contribution in [0.5, 0.6) is 0 Å². The average molecular weight is 293 g/mol. The highest BCUT2D eigenvalue weighted by Crippen LogP contribution is 2.17. The van der Waals surface area contributed by atoms with Crippen LogP contribution in [0.2, 0.25) is 0 Å². The van der Waals surface area contributed by atoms with Crippen LogP contribution in [0, 0.1) is 0 Å². The molecule has 2 rings (SSSR count). The highest BCUT2D eigenvalue weighted by atomic mass is 79.9. The Hall–Kier alpha value is -1.42. The van der Waals surface area contributed by atoms with E-state index in [9.17, 15) is 4.79 Å². The third-order valence-corrected chi connectivity index (χ3v) is 2.95. The molecule has 2 aromatic rings. The van der Waals surface area contributed by atoms with Gasteiger partial charge in [-0.05, 0) is 18.6 Å². The van der Waals surface area contributed by atoms with E-state index in [2.05, 4.69) is 32.8 Å². The molecule has 0 radical (unpaired) electrons. The minimum atomic E-state index is -0.0960. The molecule has 0 bridgehead atoms. The monoisotopic (exact) mass is 292 g/mol. The Morgan fingerprint density at radius 3 is 2.65 bits per heavy atom. The van der Waals surface area contributed by atoms with Crippen molar-refractivity contribution in [3.8, 4) is 11.4 Å². The van der Waals surface area contributed by atoms with Crippen molar-refractivity contribution in [2.24, 2.45) is 0 Å². The number of hydrogen-bond acceptors (Lipinski definition) is 2. The van der Waals surface area contributed by atoms with Crippen molar-refractivity contribution in [3.05, 3.63) is 50.9 Å². The SMILES string of the molecule is CCCc1cc(=O)[nH]c(-c2ccc(Br)cc2)n1. The lowest BCUT2D eigenvalue weighted by atomic mass is 10.2. The third kappa shape index (κ3) is 3.03. The van der Waals surface area contributed by atoms with Crippen LogP contribution in [-0.2, 0) is 6.42 Å². The van der Waals surface area contributed by atoms with Crippen molar-refractivity contribution in [3.63, 3.8) is 0 Å². The van der Waals surface area contributed by atoms with Gasteiger partial charge < -0.3 is 4.98 Å². The lowest BCUT2D eigenvalue weighted by Crippen LogP contribution is -2.10. The van der Waals surface area contributed by atoms with E-state index in [0.717, 1.165) is 28.6 Å². The largest absolute Gasteiger partial charge is 0.307 e. The fraction of sp³-hybridized carbons (Fsp3) is 0.231. The van der Waals surface area contributed by atoms with Gasteiger partial charge in [0.2, 0.25) is 0 Å². The number of halogens is 1. The molecule has 0 fully saturated rings. The van der Waals surface area contributed by atoms with E-state index in [1.807, 2.05) is 24.3 Å². The van der Waals surface area contributed by atoms with Crippen LogP contribution in [0.25, 0.3) is 11.4 Å². The van der Waals surface area contributed by atoms with E-state index in [4.69, 9.17) is 0 Å². The van der Waals surface area contributed by atoms with Gasteiger partial charge in [-0.3, -0.25) is 4.79 Å². The molecule has 0 aliphatic heterocycles. The first-order valence-electron chi connectivity index (χ1n) is 5.55. The van der Waals surface area contributed by atoms with E-state index >= 15 is 0 Å². The first-order valence-corrected chi connectivity index (χ1v) is 6.34. The van der Waals surface area contributed by atoms with E-state index in [-0.39, 0.29) is 5.56 Å². The Labute approximate surface area is 108 Å². The van der Waals surface area contributed by atoms with Crippen molar-refractivity contribution in [2.75, 3.05) is 0 Å². The van der Waals surface area contributed by atoms with Crippen molar-refractivity contribution < 1.29 is 0 Å². The number of H-pyrrole nitrogens is 1. The molecule has 0 atom stereocenters. The zero-order valence-electron chi connectivity index (χ0n) is 9.53. The Morgan fingerprint density at radius 1 is 1.29 bits per heavy atom. The fourth-order valence-corrected chi connectivity index (χ4v) is 1.90. The zero-order chi connectivity index (χ0) is 12.3. The minimum Gasteiger partial charge on any atom is -0.307 e. The van der Waals surface area contributed by atoms with Gasteiger partial charge in [0.1, 0.15) is 5.82 Å². The van der Waals surface area contributed by atoms with E-state index < -0.39 is 0 Å². The number of rotatable bonds is 3. The van der Waals surface area contributed by atoms with Gasteiger partial charge in [-0.1, -0.05) is 41.4 Å². The van der Waals surface area contributed by atoms with Gasteiger partial charge in [-0.15, -0.1) is 0 Å². The van der Waals surface area contributed by atoms with Gasteiger partial charge in [-0.25, -0.2) is 4.98 Å². The van der Waals surface area contributed by atoms with E-state index in [1.54, 1.807) is 6.07 Å². The van der Waals surface area contributed by atoms with E-state index in [1.165, 1.54) is 0 Å².